The van der Waals surface area contributed by atoms with Crippen molar-refractivity contribution < 1.29 is 69.3 Å². The highest BCUT2D eigenvalue weighted by molar-refractivity contribution is 7.91. The summed E-state index contributed by atoms with van der Waals surface area (Å²) < 4.78 is 161. The number of fused-ring (bicyclic) bond motifs is 1. The van der Waals surface area contributed by atoms with Crippen LogP contribution in [0, 0.1) is 11.5 Å². The summed E-state index contributed by atoms with van der Waals surface area (Å²) in [4.78, 5) is 20.8. The van der Waals surface area contributed by atoms with E-state index < -0.39 is 100 Å². The van der Waals surface area contributed by atoms with Gasteiger partial charge in [0.2, 0.25) is 17.8 Å². The predicted molar refractivity (Wildman–Crippen MR) is 209 cm³/mol. The molecule has 32 heteroatoms. The van der Waals surface area contributed by atoms with Gasteiger partial charge < -0.3 is 21.7 Å². The number of aromatic nitrogens is 3. The molecule has 4 aromatic carbocycles. The van der Waals surface area contributed by atoms with E-state index in [-0.39, 0.29) is 45.5 Å². The largest absolute Gasteiger partial charge is 0.397 e. The molecule has 0 radical (unpaired) electrons. The molecule has 10 N–H and O–H groups in total. The number of carbonyl (C=O) groups is 1. The fourth-order valence-electron chi connectivity index (χ4n) is 4.97. The topological polar surface area (TPSA) is 439 Å². The maximum Gasteiger partial charge on any atom is 0.397 e. The average molecular weight is 944 g/mol. The Hall–Kier alpha value is -6.54. The Labute approximate surface area is 343 Å². The van der Waals surface area contributed by atoms with E-state index >= 15 is 0 Å². The van der Waals surface area contributed by atoms with E-state index in [1.807, 2.05) is 0 Å². The third-order valence-electron chi connectivity index (χ3n) is 7.45. The summed E-state index contributed by atoms with van der Waals surface area (Å²) in [6.07, 6.45) is 1.62. The van der Waals surface area contributed by atoms with E-state index in [4.69, 9.17) is 10.3 Å². The van der Waals surface area contributed by atoms with Crippen LogP contribution in [0.2, 0.25) is 0 Å². The highest BCUT2D eigenvalue weighted by Gasteiger charge is 2.25. The maximum atomic E-state index is 12.5. The number of nitrogens with two attached hydrogens (primary N) is 1. The minimum Gasteiger partial charge on any atom is -0.351 e. The highest BCUT2D eigenvalue weighted by atomic mass is 32.3. The lowest BCUT2D eigenvalue weighted by Gasteiger charge is -2.12. The molecule has 0 fully saturated rings. The summed E-state index contributed by atoms with van der Waals surface area (Å²) in [6, 6.07) is 9.83. The molecule has 0 spiro atoms. The van der Waals surface area contributed by atoms with Gasteiger partial charge in [0, 0.05) is 16.8 Å². The van der Waals surface area contributed by atoms with Crippen molar-refractivity contribution in [3.8, 4) is 6.19 Å². The van der Waals surface area contributed by atoms with E-state index in [0.717, 1.165) is 18.2 Å². The van der Waals surface area contributed by atoms with Crippen LogP contribution < -0.4 is 27.0 Å². The number of nitrogens with one attached hydrogen (secondary N) is 4. The number of rotatable bonds is 16. The van der Waals surface area contributed by atoms with Crippen molar-refractivity contribution in [2.75, 3.05) is 33.6 Å². The standard InChI is InChI=1S/C29H25N11O16S5/c30-14-32-27-36-28(33-16-1-4-18(5-2-16)57(42,43)8-7-56-61(53,54)55)38-29(37-27)34-17-3-6-21(22(11-17)35-26(31)41)39-40-23-13-20-15(10-25(23)60(50,51)52)9-19(58(44,45)46)12-24(20)59(47,48)49/h1-6,9-13H,7-8H2,(H3,31,35,41)(H,44,45,46)(H,47,48,49)(H,50,51,52)(H,53,54,55)(H3,32,33,34,36,37,38). The second-order valence-electron chi connectivity index (χ2n) is 11.7. The van der Waals surface area contributed by atoms with Gasteiger partial charge in [-0.05, 0) is 72.1 Å². The second kappa shape index (κ2) is 17.2. The first-order valence-electron chi connectivity index (χ1n) is 15.8. The minimum atomic E-state index is -5.24. The van der Waals surface area contributed by atoms with Crippen LogP contribution in [0.1, 0.15) is 0 Å². The predicted octanol–water partition coefficient (Wildman–Crippen LogP) is 2.64. The second-order valence-corrected chi connectivity index (χ2v) is 19.1. The fourth-order valence-corrected chi connectivity index (χ4v) is 8.45. The zero-order valence-electron chi connectivity index (χ0n) is 29.8. The lowest BCUT2D eigenvalue weighted by molar-refractivity contribution is 0.259. The number of carbonyl (C=O) groups excluding carboxylic acids is 1. The summed E-state index contributed by atoms with van der Waals surface area (Å²) in [7, 11) is -24.5. The van der Waals surface area contributed by atoms with Crippen LogP contribution >= 0.6 is 0 Å². The Kier molecular flexibility index (Phi) is 12.8. The molecule has 0 atom stereocenters. The molecular formula is C29H25N11O16S5. The van der Waals surface area contributed by atoms with Crippen molar-refractivity contribution in [3.63, 3.8) is 0 Å². The van der Waals surface area contributed by atoms with E-state index in [1.54, 1.807) is 6.19 Å². The Morgan fingerprint density at radius 1 is 0.689 bits per heavy atom. The van der Waals surface area contributed by atoms with Crippen molar-refractivity contribution >= 4 is 114 Å². The number of sulfone groups is 1. The van der Waals surface area contributed by atoms with Crippen molar-refractivity contribution in [3.05, 3.63) is 66.7 Å². The quantitative estimate of drug-likeness (QED) is 0.0297. The molecule has 27 nitrogen and oxygen atoms in total. The number of hydrogen-bond donors (Lipinski definition) is 9. The minimum absolute atomic E-state index is 0.0899. The van der Waals surface area contributed by atoms with E-state index in [2.05, 4.69) is 50.6 Å². The average Bonchev–Trinajstić information content (AvgIpc) is 3.12. The smallest absolute Gasteiger partial charge is 0.351 e. The Morgan fingerprint density at radius 3 is 1.82 bits per heavy atom. The van der Waals surface area contributed by atoms with Crippen LogP contribution in [0.25, 0.3) is 10.8 Å². The monoisotopic (exact) mass is 943 g/mol. The van der Waals surface area contributed by atoms with Crippen LogP contribution in [-0.4, -0.2) is 93.6 Å². The summed E-state index contributed by atoms with van der Waals surface area (Å²) in [5, 5.41) is 25.8. The lowest BCUT2D eigenvalue weighted by Crippen LogP contribution is -2.19. The first-order chi connectivity index (χ1) is 28.2. The van der Waals surface area contributed by atoms with Gasteiger partial charge >= 0.3 is 16.4 Å². The Bertz CT molecular complexity index is 3240. The molecule has 0 aliphatic heterocycles. The number of anilines is 6. The van der Waals surface area contributed by atoms with Crippen molar-refractivity contribution in [2.45, 2.75) is 19.6 Å². The molecule has 0 bridgehead atoms. The van der Waals surface area contributed by atoms with Crippen LogP contribution in [0.5, 0.6) is 0 Å². The number of urea groups is 1. The van der Waals surface area contributed by atoms with Crippen molar-refractivity contribution in [1.29, 1.82) is 5.26 Å². The molecule has 0 unspecified atom stereocenters. The third-order valence-corrected chi connectivity index (χ3v) is 12.2. The maximum absolute atomic E-state index is 12.5. The summed E-state index contributed by atoms with van der Waals surface area (Å²) >= 11 is 0. The van der Waals surface area contributed by atoms with Crippen LogP contribution in [-0.2, 0) is 54.8 Å². The van der Waals surface area contributed by atoms with E-state index in [9.17, 15) is 65.8 Å². The van der Waals surface area contributed by atoms with Gasteiger partial charge in [-0.1, -0.05) is 0 Å². The summed E-state index contributed by atoms with van der Waals surface area (Å²) in [5.41, 5.74) is 4.41. The summed E-state index contributed by atoms with van der Waals surface area (Å²) in [5.74, 6) is -1.52. The number of amides is 2. The molecule has 0 saturated heterocycles. The lowest BCUT2D eigenvalue weighted by atomic mass is 10.1. The molecule has 2 amide bonds. The normalized spacial score (nSPS) is 12.5. The van der Waals surface area contributed by atoms with Crippen LogP contribution in [0.15, 0.2) is 96.5 Å². The number of primary amides is 1. The van der Waals surface area contributed by atoms with Crippen LogP contribution in [0.4, 0.5) is 51.1 Å². The molecule has 0 saturated carbocycles. The van der Waals surface area contributed by atoms with Gasteiger partial charge in [-0.15, -0.1) is 10.2 Å². The molecule has 322 valence electrons. The van der Waals surface area contributed by atoms with Gasteiger partial charge in [-0.2, -0.15) is 53.9 Å². The molecular weight excluding hydrogens is 919 g/mol. The van der Waals surface area contributed by atoms with Gasteiger partial charge in [0.25, 0.3) is 30.4 Å². The number of azo groups is 1. The highest BCUT2D eigenvalue weighted by Crippen LogP contribution is 2.37. The molecule has 1 heterocycles. The van der Waals surface area contributed by atoms with E-state index in [0.29, 0.717) is 18.2 Å². The fraction of sp³-hybridized carbons (Fsp3) is 0.0690. The van der Waals surface area contributed by atoms with Crippen molar-refractivity contribution in [2.24, 2.45) is 16.0 Å². The summed E-state index contributed by atoms with van der Waals surface area (Å²) in [6.45, 7) is -0.846. The number of nitrogens with zero attached hydrogens (tertiary/aromatic N) is 6. The Morgan fingerprint density at radius 2 is 1.26 bits per heavy atom. The van der Waals surface area contributed by atoms with E-state index in [1.165, 1.54) is 30.3 Å². The molecule has 5 aromatic rings. The van der Waals surface area contributed by atoms with Gasteiger partial charge in [-0.25, -0.2) is 17.4 Å². The zero-order valence-corrected chi connectivity index (χ0v) is 33.8. The van der Waals surface area contributed by atoms with Gasteiger partial charge in [0.1, 0.15) is 21.2 Å². The first-order valence-corrected chi connectivity index (χ1v) is 23.1. The van der Waals surface area contributed by atoms with Crippen LogP contribution in [0.3, 0.4) is 0 Å². The molecule has 5 rings (SSSR count). The first kappa shape index (κ1) is 45.5. The van der Waals surface area contributed by atoms with Gasteiger partial charge in [-0.3, -0.25) is 23.5 Å². The van der Waals surface area contributed by atoms with Gasteiger partial charge in [0.15, 0.2) is 16.0 Å². The third kappa shape index (κ3) is 12.0. The Balaban J connectivity index is 1.47. The number of benzene rings is 4. The molecule has 0 aliphatic rings. The SMILES string of the molecule is N#CNc1nc(Nc2ccc(S(=O)(=O)CCOS(=O)(=O)O)cc2)nc(Nc2ccc(N=Nc3cc4c(S(=O)(=O)O)cc(S(=O)(=O)O)cc4cc3S(=O)(=O)O)c(NC(N)=O)c2)n1. The van der Waals surface area contributed by atoms with Gasteiger partial charge in [0.05, 0.1) is 27.8 Å². The molecule has 1 aromatic heterocycles. The number of hydrogen-bond acceptors (Lipinski definition) is 21. The number of nitriles is 1. The van der Waals surface area contributed by atoms with Crippen molar-refractivity contribution in [1.82, 2.24) is 15.0 Å². The molecule has 61 heavy (non-hydrogen) atoms. The molecule has 0 aliphatic carbocycles. The zero-order chi connectivity index (χ0) is 45.1.